The summed E-state index contributed by atoms with van der Waals surface area (Å²) in [6.07, 6.45) is 6.86. The third kappa shape index (κ3) is 3.35. The van der Waals surface area contributed by atoms with Crippen molar-refractivity contribution in [1.82, 2.24) is 4.98 Å². The van der Waals surface area contributed by atoms with Gasteiger partial charge in [-0.1, -0.05) is 31.6 Å². The molecule has 0 radical (unpaired) electrons. The molecule has 1 heterocycles. The molecule has 0 aliphatic heterocycles. The quantitative estimate of drug-likeness (QED) is 0.668. The molecular formula is C15H24N2OS. The molecule has 1 fully saturated rings. The Kier molecular flexibility index (Phi) is 4.97. The summed E-state index contributed by atoms with van der Waals surface area (Å²) in [5, 5.41) is 1.05. The fourth-order valence-electron chi connectivity index (χ4n) is 2.24. The average molecular weight is 280 g/mol. The van der Waals surface area contributed by atoms with E-state index in [0.29, 0.717) is 12.0 Å². The molecule has 0 amide bonds. The zero-order valence-electron chi connectivity index (χ0n) is 12.2. The zero-order chi connectivity index (χ0) is 13.8. The number of thiazole rings is 1. The van der Waals surface area contributed by atoms with Crippen LogP contribution in [0.3, 0.4) is 0 Å². The first kappa shape index (κ1) is 14.5. The van der Waals surface area contributed by atoms with Gasteiger partial charge in [0, 0.05) is 18.5 Å². The Balaban J connectivity index is 2.22. The van der Waals surface area contributed by atoms with E-state index in [9.17, 15) is 4.79 Å². The van der Waals surface area contributed by atoms with Gasteiger partial charge in [-0.15, -0.1) is 0 Å². The number of carbonyl (C=O) groups is 1. The highest BCUT2D eigenvalue weighted by molar-refractivity contribution is 7.17. The molecule has 1 aliphatic carbocycles. The number of aromatic nitrogens is 1. The van der Waals surface area contributed by atoms with E-state index >= 15 is 0 Å². The van der Waals surface area contributed by atoms with E-state index in [1.165, 1.54) is 25.7 Å². The lowest BCUT2D eigenvalue weighted by atomic mass is 10.2. The van der Waals surface area contributed by atoms with Gasteiger partial charge in [-0.3, -0.25) is 4.79 Å². The molecule has 0 spiro atoms. The number of anilines is 1. The fraction of sp³-hybridized carbons (Fsp3) is 0.733. The molecule has 0 aromatic carbocycles. The summed E-state index contributed by atoms with van der Waals surface area (Å²) in [4.78, 5) is 19.2. The maximum absolute atomic E-state index is 11.2. The maximum Gasteiger partial charge on any atom is 0.186 e. The smallest absolute Gasteiger partial charge is 0.186 e. The van der Waals surface area contributed by atoms with Crippen LogP contribution in [-0.4, -0.2) is 23.9 Å². The Morgan fingerprint density at radius 3 is 2.74 bits per heavy atom. The monoisotopic (exact) mass is 280 g/mol. The molecule has 0 bridgehead atoms. The Bertz CT molecular complexity index is 426. The average Bonchev–Trinajstić information content (AvgIpc) is 3.19. The third-order valence-electron chi connectivity index (χ3n) is 3.86. The molecule has 0 N–H and O–H groups in total. The molecule has 0 saturated heterocycles. The van der Waals surface area contributed by atoms with Crippen LogP contribution in [-0.2, 0) is 0 Å². The number of unbranched alkanes of at least 4 members (excludes halogenated alkanes) is 1. The Hall–Kier alpha value is -0.900. The summed E-state index contributed by atoms with van der Waals surface area (Å²) < 4.78 is 0. The van der Waals surface area contributed by atoms with Crippen molar-refractivity contribution in [2.75, 3.05) is 11.4 Å². The minimum Gasteiger partial charge on any atom is -0.345 e. The van der Waals surface area contributed by atoms with Crippen LogP contribution in [0.4, 0.5) is 5.13 Å². The topological polar surface area (TPSA) is 33.2 Å². The van der Waals surface area contributed by atoms with Gasteiger partial charge >= 0.3 is 0 Å². The Morgan fingerprint density at radius 1 is 1.47 bits per heavy atom. The fourth-order valence-corrected chi connectivity index (χ4v) is 3.34. The lowest BCUT2D eigenvalue weighted by Crippen LogP contribution is -2.33. The third-order valence-corrected chi connectivity index (χ3v) is 4.90. The molecule has 1 aliphatic rings. The predicted molar refractivity (Wildman–Crippen MR) is 81.5 cm³/mol. The van der Waals surface area contributed by atoms with Gasteiger partial charge in [0.2, 0.25) is 0 Å². The van der Waals surface area contributed by atoms with Crippen LogP contribution in [0.5, 0.6) is 0 Å². The van der Waals surface area contributed by atoms with Crippen molar-refractivity contribution in [1.29, 1.82) is 0 Å². The molecule has 4 heteroatoms. The molecule has 2 rings (SSSR count). The zero-order valence-corrected chi connectivity index (χ0v) is 13.0. The first-order chi connectivity index (χ1) is 9.21. The molecule has 19 heavy (non-hydrogen) atoms. The molecule has 1 aromatic heterocycles. The van der Waals surface area contributed by atoms with Crippen molar-refractivity contribution in [2.45, 2.75) is 64.8 Å². The highest BCUT2D eigenvalue weighted by atomic mass is 32.1. The van der Waals surface area contributed by atoms with Crippen LogP contribution in [0.1, 0.15) is 74.2 Å². The normalized spacial score (nSPS) is 16.4. The maximum atomic E-state index is 11.2. The standard InChI is InChI=1S/C15H24N2OS/c1-4-6-9-17(11(3)5-2)15-16-14(12-7-8-12)13(10-18)19-15/h10-12H,4-9H2,1-3H3. The van der Waals surface area contributed by atoms with Crippen molar-refractivity contribution in [2.24, 2.45) is 0 Å². The van der Waals surface area contributed by atoms with Crippen molar-refractivity contribution >= 4 is 22.8 Å². The van der Waals surface area contributed by atoms with Crippen molar-refractivity contribution in [3.63, 3.8) is 0 Å². The summed E-state index contributed by atoms with van der Waals surface area (Å²) in [5.41, 5.74) is 1.06. The Morgan fingerprint density at radius 2 is 2.21 bits per heavy atom. The number of hydrogen-bond acceptors (Lipinski definition) is 4. The van der Waals surface area contributed by atoms with E-state index in [1.807, 2.05) is 0 Å². The largest absolute Gasteiger partial charge is 0.345 e. The van der Waals surface area contributed by atoms with Gasteiger partial charge in [-0.05, 0) is 32.6 Å². The minimum atomic E-state index is 0.490. The van der Waals surface area contributed by atoms with Crippen LogP contribution < -0.4 is 4.90 Å². The first-order valence-electron chi connectivity index (χ1n) is 7.43. The minimum absolute atomic E-state index is 0.490. The highest BCUT2D eigenvalue weighted by Gasteiger charge is 2.30. The van der Waals surface area contributed by atoms with Gasteiger partial charge in [-0.2, -0.15) is 0 Å². The molecule has 106 valence electrons. The van der Waals surface area contributed by atoms with Crippen LogP contribution in [0, 0.1) is 0 Å². The van der Waals surface area contributed by atoms with Crippen molar-refractivity contribution < 1.29 is 4.79 Å². The van der Waals surface area contributed by atoms with E-state index in [2.05, 4.69) is 25.7 Å². The van der Waals surface area contributed by atoms with Crippen LogP contribution in [0.15, 0.2) is 0 Å². The summed E-state index contributed by atoms with van der Waals surface area (Å²) in [6, 6.07) is 0.490. The molecule has 1 aromatic rings. The van der Waals surface area contributed by atoms with Crippen molar-refractivity contribution in [3.8, 4) is 0 Å². The van der Waals surface area contributed by atoms with E-state index in [1.54, 1.807) is 11.3 Å². The molecule has 1 saturated carbocycles. The van der Waals surface area contributed by atoms with Gasteiger partial charge in [0.05, 0.1) is 10.6 Å². The molecule has 3 nitrogen and oxygen atoms in total. The van der Waals surface area contributed by atoms with Gasteiger partial charge < -0.3 is 4.90 Å². The lowest BCUT2D eigenvalue weighted by Gasteiger charge is -2.28. The summed E-state index contributed by atoms with van der Waals surface area (Å²) in [7, 11) is 0. The summed E-state index contributed by atoms with van der Waals surface area (Å²) in [5.74, 6) is 0.551. The SMILES string of the molecule is CCCCN(c1nc(C2CC2)c(C=O)s1)C(C)CC. The number of rotatable bonds is 8. The second-order valence-electron chi connectivity index (χ2n) is 5.44. The van der Waals surface area contributed by atoms with Gasteiger partial charge in [0.15, 0.2) is 11.4 Å². The van der Waals surface area contributed by atoms with Crippen LogP contribution in [0.2, 0.25) is 0 Å². The number of hydrogen-bond donors (Lipinski definition) is 0. The van der Waals surface area contributed by atoms with Gasteiger partial charge in [0.1, 0.15) is 0 Å². The van der Waals surface area contributed by atoms with Gasteiger partial charge in [0.25, 0.3) is 0 Å². The predicted octanol–water partition coefficient (Wildman–Crippen LogP) is 4.24. The molecule has 1 atom stereocenters. The highest BCUT2D eigenvalue weighted by Crippen LogP contribution is 2.43. The lowest BCUT2D eigenvalue weighted by molar-refractivity contribution is 0.112. The van der Waals surface area contributed by atoms with Crippen LogP contribution >= 0.6 is 11.3 Å². The summed E-state index contributed by atoms with van der Waals surface area (Å²) >= 11 is 1.58. The van der Waals surface area contributed by atoms with E-state index in [0.717, 1.165) is 35.0 Å². The van der Waals surface area contributed by atoms with E-state index in [4.69, 9.17) is 4.98 Å². The molecule has 1 unspecified atom stereocenters. The van der Waals surface area contributed by atoms with Crippen LogP contribution in [0.25, 0.3) is 0 Å². The number of aldehydes is 1. The second-order valence-corrected chi connectivity index (χ2v) is 6.45. The number of nitrogens with zero attached hydrogens (tertiary/aromatic N) is 2. The van der Waals surface area contributed by atoms with Crippen molar-refractivity contribution in [3.05, 3.63) is 10.6 Å². The van der Waals surface area contributed by atoms with E-state index in [-0.39, 0.29) is 0 Å². The Labute approximate surface area is 120 Å². The number of carbonyl (C=O) groups excluding carboxylic acids is 1. The molecular weight excluding hydrogens is 256 g/mol. The second kappa shape index (κ2) is 6.51. The van der Waals surface area contributed by atoms with E-state index < -0.39 is 0 Å². The summed E-state index contributed by atoms with van der Waals surface area (Å²) in [6.45, 7) is 7.71. The first-order valence-corrected chi connectivity index (χ1v) is 8.25. The van der Waals surface area contributed by atoms with Gasteiger partial charge in [-0.25, -0.2) is 4.98 Å².